The SMILES string of the molecule is Cn1c(=O)oc2cc(CCCCN)ccc21. The van der Waals surface area contributed by atoms with Crippen LogP contribution in [0, 0.1) is 0 Å². The van der Waals surface area contributed by atoms with Crippen molar-refractivity contribution >= 4 is 11.1 Å². The van der Waals surface area contributed by atoms with Crippen LogP contribution in [-0.2, 0) is 13.5 Å². The molecule has 0 radical (unpaired) electrons. The van der Waals surface area contributed by atoms with Crippen LogP contribution in [-0.4, -0.2) is 11.1 Å². The maximum atomic E-state index is 11.3. The van der Waals surface area contributed by atoms with E-state index in [1.165, 1.54) is 10.1 Å². The van der Waals surface area contributed by atoms with Crippen LogP contribution in [0.1, 0.15) is 18.4 Å². The molecule has 86 valence electrons. The highest BCUT2D eigenvalue weighted by Gasteiger charge is 2.05. The van der Waals surface area contributed by atoms with Crippen molar-refractivity contribution in [3.63, 3.8) is 0 Å². The Morgan fingerprint density at radius 2 is 2.19 bits per heavy atom. The molecule has 1 heterocycles. The number of unbranched alkanes of at least 4 members (excludes halogenated alkanes) is 1. The van der Waals surface area contributed by atoms with Crippen LogP contribution in [0.5, 0.6) is 0 Å². The van der Waals surface area contributed by atoms with Gasteiger partial charge >= 0.3 is 5.76 Å². The van der Waals surface area contributed by atoms with Gasteiger partial charge in [-0.1, -0.05) is 6.07 Å². The molecule has 2 N–H and O–H groups in total. The third kappa shape index (κ3) is 2.02. The molecule has 16 heavy (non-hydrogen) atoms. The number of aryl methyl sites for hydroxylation is 2. The number of fused-ring (bicyclic) bond motifs is 1. The van der Waals surface area contributed by atoms with Gasteiger partial charge in [-0.05, 0) is 43.5 Å². The summed E-state index contributed by atoms with van der Waals surface area (Å²) >= 11 is 0. The first-order valence-corrected chi connectivity index (χ1v) is 5.51. The Labute approximate surface area is 93.7 Å². The second-order valence-corrected chi connectivity index (χ2v) is 3.97. The minimum Gasteiger partial charge on any atom is -0.408 e. The van der Waals surface area contributed by atoms with E-state index < -0.39 is 0 Å². The van der Waals surface area contributed by atoms with Gasteiger partial charge in [-0.25, -0.2) is 4.79 Å². The van der Waals surface area contributed by atoms with Crippen molar-refractivity contribution in [2.45, 2.75) is 19.3 Å². The summed E-state index contributed by atoms with van der Waals surface area (Å²) in [6.45, 7) is 0.725. The Balaban J connectivity index is 2.27. The molecule has 0 bridgehead atoms. The standard InChI is InChI=1S/C12H16N2O2/c1-14-10-6-5-9(4-2-3-7-13)8-11(10)16-12(14)15/h5-6,8H,2-4,7,13H2,1H3. The van der Waals surface area contributed by atoms with Crippen molar-refractivity contribution in [3.05, 3.63) is 34.3 Å². The number of oxazole rings is 1. The molecule has 2 rings (SSSR count). The van der Waals surface area contributed by atoms with E-state index in [2.05, 4.69) is 0 Å². The number of hydrogen-bond donors (Lipinski definition) is 1. The molecule has 0 atom stereocenters. The fourth-order valence-corrected chi connectivity index (χ4v) is 1.81. The van der Waals surface area contributed by atoms with Crippen molar-refractivity contribution < 1.29 is 4.42 Å². The van der Waals surface area contributed by atoms with Crippen molar-refractivity contribution in [1.29, 1.82) is 0 Å². The van der Waals surface area contributed by atoms with Gasteiger partial charge in [-0.2, -0.15) is 0 Å². The van der Waals surface area contributed by atoms with Crippen LogP contribution in [0.25, 0.3) is 11.1 Å². The molecule has 4 heteroatoms. The Kier molecular flexibility index (Phi) is 3.10. The normalized spacial score (nSPS) is 11.1. The molecule has 0 spiro atoms. The molecule has 0 unspecified atom stereocenters. The lowest BCUT2D eigenvalue weighted by Gasteiger charge is -2.00. The molecule has 1 aromatic carbocycles. The van der Waals surface area contributed by atoms with Crippen molar-refractivity contribution in [2.24, 2.45) is 12.8 Å². The molecule has 0 amide bonds. The molecule has 0 aliphatic rings. The molecule has 1 aromatic heterocycles. The molecule has 0 saturated heterocycles. The van der Waals surface area contributed by atoms with Crippen LogP contribution in [0.3, 0.4) is 0 Å². The van der Waals surface area contributed by atoms with Crippen molar-refractivity contribution in [2.75, 3.05) is 6.54 Å². The summed E-state index contributed by atoms with van der Waals surface area (Å²) in [6, 6.07) is 5.90. The molecular weight excluding hydrogens is 204 g/mol. The molecular formula is C12H16N2O2. The lowest BCUT2D eigenvalue weighted by Crippen LogP contribution is -2.08. The van der Waals surface area contributed by atoms with Gasteiger partial charge in [0.1, 0.15) is 0 Å². The lowest BCUT2D eigenvalue weighted by molar-refractivity contribution is 0.527. The Hall–Kier alpha value is -1.55. The number of nitrogens with two attached hydrogens (primary N) is 1. The van der Waals surface area contributed by atoms with E-state index in [0.717, 1.165) is 31.3 Å². The average Bonchev–Trinajstić information content (AvgIpc) is 2.55. The third-order valence-corrected chi connectivity index (χ3v) is 2.78. The highest BCUT2D eigenvalue weighted by molar-refractivity contribution is 5.73. The van der Waals surface area contributed by atoms with E-state index in [1.807, 2.05) is 18.2 Å². The van der Waals surface area contributed by atoms with Crippen LogP contribution in [0.2, 0.25) is 0 Å². The molecule has 0 fully saturated rings. The zero-order valence-corrected chi connectivity index (χ0v) is 9.40. The number of nitrogens with zero attached hydrogens (tertiary/aromatic N) is 1. The predicted molar refractivity (Wildman–Crippen MR) is 63.4 cm³/mol. The van der Waals surface area contributed by atoms with Gasteiger partial charge in [-0.3, -0.25) is 4.57 Å². The van der Waals surface area contributed by atoms with E-state index >= 15 is 0 Å². The Morgan fingerprint density at radius 3 is 2.94 bits per heavy atom. The maximum Gasteiger partial charge on any atom is 0.419 e. The largest absolute Gasteiger partial charge is 0.419 e. The topological polar surface area (TPSA) is 61.2 Å². The molecule has 0 aliphatic heterocycles. The van der Waals surface area contributed by atoms with Gasteiger partial charge in [0.25, 0.3) is 0 Å². The minimum atomic E-state index is -0.311. The van der Waals surface area contributed by atoms with E-state index in [-0.39, 0.29) is 5.76 Å². The maximum absolute atomic E-state index is 11.3. The fourth-order valence-electron chi connectivity index (χ4n) is 1.81. The van der Waals surface area contributed by atoms with Crippen molar-refractivity contribution in [3.8, 4) is 0 Å². The van der Waals surface area contributed by atoms with Gasteiger partial charge in [0, 0.05) is 7.05 Å². The third-order valence-electron chi connectivity index (χ3n) is 2.78. The fraction of sp³-hybridized carbons (Fsp3) is 0.417. The highest BCUT2D eigenvalue weighted by Crippen LogP contribution is 2.15. The summed E-state index contributed by atoms with van der Waals surface area (Å²) in [4.78, 5) is 11.3. The summed E-state index contributed by atoms with van der Waals surface area (Å²) in [5.41, 5.74) is 8.14. The number of rotatable bonds is 4. The first-order valence-electron chi connectivity index (χ1n) is 5.51. The van der Waals surface area contributed by atoms with Gasteiger partial charge in [0.15, 0.2) is 5.58 Å². The summed E-state index contributed by atoms with van der Waals surface area (Å²) in [7, 11) is 1.71. The summed E-state index contributed by atoms with van der Waals surface area (Å²) in [6.07, 6.45) is 3.07. The van der Waals surface area contributed by atoms with E-state index in [9.17, 15) is 4.79 Å². The second kappa shape index (κ2) is 4.53. The quantitative estimate of drug-likeness (QED) is 0.792. The first-order chi connectivity index (χ1) is 7.72. The molecule has 2 aromatic rings. The Morgan fingerprint density at radius 1 is 1.38 bits per heavy atom. The average molecular weight is 220 g/mol. The Bertz CT molecular complexity index is 539. The minimum absolute atomic E-state index is 0.311. The number of aromatic nitrogens is 1. The summed E-state index contributed by atoms with van der Waals surface area (Å²) < 4.78 is 6.64. The summed E-state index contributed by atoms with van der Waals surface area (Å²) in [5, 5.41) is 0. The van der Waals surface area contributed by atoms with Crippen LogP contribution in [0.4, 0.5) is 0 Å². The van der Waals surface area contributed by atoms with E-state index in [4.69, 9.17) is 10.2 Å². The van der Waals surface area contributed by atoms with Crippen LogP contribution >= 0.6 is 0 Å². The van der Waals surface area contributed by atoms with Gasteiger partial charge in [0.05, 0.1) is 5.52 Å². The van der Waals surface area contributed by atoms with Crippen LogP contribution in [0.15, 0.2) is 27.4 Å². The van der Waals surface area contributed by atoms with Crippen molar-refractivity contribution in [1.82, 2.24) is 4.57 Å². The molecule has 4 nitrogen and oxygen atoms in total. The van der Waals surface area contributed by atoms with E-state index in [0.29, 0.717) is 5.58 Å². The monoisotopic (exact) mass is 220 g/mol. The molecule has 0 saturated carbocycles. The van der Waals surface area contributed by atoms with Crippen LogP contribution < -0.4 is 11.5 Å². The zero-order valence-electron chi connectivity index (χ0n) is 9.40. The zero-order chi connectivity index (χ0) is 11.5. The lowest BCUT2D eigenvalue weighted by atomic mass is 10.1. The number of benzene rings is 1. The second-order valence-electron chi connectivity index (χ2n) is 3.97. The first kappa shape index (κ1) is 11.0. The van der Waals surface area contributed by atoms with E-state index in [1.54, 1.807) is 7.05 Å². The molecule has 0 aliphatic carbocycles. The van der Waals surface area contributed by atoms with Gasteiger partial charge in [-0.15, -0.1) is 0 Å². The number of hydrogen-bond acceptors (Lipinski definition) is 3. The smallest absolute Gasteiger partial charge is 0.408 e. The predicted octanol–water partition coefficient (Wildman–Crippen LogP) is 1.41. The van der Waals surface area contributed by atoms with Gasteiger partial charge in [0.2, 0.25) is 0 Å². The van der Waals surface area contributed by atoms with Gasteiger partial charge < -0.3 is 10.2 Å². The summed E-state index contributed by atoms with van der Waals surface area (Å²) in [5.74, 6) is -0.311. The highest BCUT2D eigenvalue weighted by atomic mass is 16.4.